The molecule has 0 N–H and O–H groups in total. The van der Waals surface area contributed by atoms with Crippen LogP contribution < -0.4 is 15.3 Å². The molecule has 3 nitrogen and oxygen atoms in total. The molecule has 0 radical (unpaired) electrons. The lowest BCUT2D eigenvalue weighted by molar-refractivity contribution is 0.0882. The van der Waals surface area contributed by atoms with Gasteiger partial charge < -0.3 is 14.0 Å². The molecule has 2 fully saturated rings. The molecular weight excluding hydrogens is 803 g/mol. The molecule has 0 amide bonds. The van der Waals surface area contributed by atoms with Crippen molar-refractivity contribution in [1.82, 2.24) is 4.57 Å². The van der Waals surface area contributed by atoms with Crippen molar-refractivity contribution in [2.24, 2.45) is 40.9 Å². The quantitative estimate of drug-likeness (QED) is 0.200. The first-order chi connectivity index (χ1) is 32.4. The number of ether oxygens (including phenoxy) is 2. The van der Waals surface area contributed by atoms with Crippen LogP contribution in [0.15, 0.2) is 204 Å². The number of aromatic nitrogens is 1. The van der Waals surface area contributed by atoms with Crippen LogP contribution in [0.4, 0.5) is 0 Å². The van der Waals surface area contributed by atoms with E-state index in [1.165, 1.54) is 71.6 Å². The summed E-state index contributed by atoms with van der Waals surface area (Å²) in [4.78, 5) is 0. The summed E-state index contributed by atoms with van der Waals surface area (Å²) in [6, 6.07) is 25.1. The molecule has 0 bridgehead atoms. The van der Waals surface area contributed by atoms with Crippen LogP contribution in [0.3, 0.4) is 0 Å². The van der Waals surface area contributed by atoms with Gasteiger partial charge in [0.15, 0.2) is 0 Å². The molecule has 8 aliphatic carbocycles. The Morgan fingerprint density at radius 3 is 2.11 bits per heavy atom. The number of hydrogen-bond donors (Lipinski definition) is 0. The standard InChI is InChI=1S/C63H55NO2/c1-63(2)55-35-45(44-23-29-62-54(34-44)52-32-41(21-27-60(52)66-62)39-14-8-4-9-15-39)18-24-47(55)48-36-50-49-30-42(19-25-57(49)64(58(50)37-56(48)63)46-16-10-5-11-17-46)43-22-28-61-53(33-43)51-31-40(20-26-59(51)65-61)38-12-6-3-7-13-38/h3,5-8,10-16,18-37,46-48,51-52,54-56,59-60,62H,4,9,17H2,1-2H3. The molecule has 0 spiro atoms. The first-order valence-corrected chi connectivity index (χ1v) is 24.6. The predicted octanol–water partition coefficient (Wildman–Crippen LogP) is 12.7. The Morgan fingerprint density at radius 1 is 0.561 bits per heavy atom. The van der Waals surface area contributed by atoms with E-state index in [1.54, 1.807) is 0 Å². The lowest BCUT2D eigenvalue weighted by Gasteiger charge is -2.33. The molecule has 1 aromatic heterocycles. The van der Waals surface area contributed by atoms with Gasteiger partial charge in [-0.3, -0.25) is 0 Å². The fourth-order valence-corrected chi connectivity index (χ4v) is 13.6. The summed E-state index contributed by atoms with van der Waals surface area (Å²) in [7, 11) is 0. The van der Waals surface area contributed by atoms with E-state index in [-0.39, 0.29) is 35.7 Å². The fraction of sp³-hybridized carbons (Fsp3) is 0.270. The lowest BCUT2D eigenvalue weighted by Crippen LogP contribution is -2.39. The summed E-state index contributed by atoms with van der Waals surface area (Å²) in [6.07, 6.45) is 54.0. The van der Waals surface area contributed by atoms with Crippen molar-refractivity contribution in [3.8, 4) is 16.9 Å². The first-order valence-electron chi connectivity index (χ1n) is 24.6. The Balaban J connectivity index is 0.816. The van der Waals surface area contributed by atoms with Gasteiger partial charge in [0.05, 0.1) is 18.2 Å². The highest BCUT2D eigenvalue weighted by Gasteiger charge is 2.53. The van der Waals surface area contributed by atoms with Crippen LogP contribution >= 0.6 is 0 Å². The highest BCUT2D eigenvalue weighted by molar-refractivity contribution is 5.88. The SMILES string of the molecule is CC1(C)C2C=C(C3=CC4C(C=C3)OC3C=CC(C5=CCCC=C5)=CC34)C=CC2C2C=c3c(n(C4C=CC=CC4)c4ccc(-c5ccc6c(c5)C5C=C(c7ccccc7)C=CC5O6)cc34)=CC21. The topological polar surface area (TPSA) is 23.4 Å². The van der Waals surface area contributed by atoms with Gasteiger partial charge in [-0.2, -0.15) is 0 Å². The maximum Gasteiger partial charge on any atom is 0.128 e. The van der Waals surface area contributed by atoms with Gasteiger partial charge in [-0.05, 0) is 123 Å². The Kier molecular flexibility index (Phi) is 8.70. The van der Waals surface area contributed by atoms with Gasteiger partial charge in [0.25, 0.3) is 0 Å². The summed E-state index contributed by atoms with van der Waals surface area (Å²) >= 11 is 0. The van der Waals surface area contributed by atoms with Gasteiger partial charge in [-0.25, -0.2) is 0 Å². The van der Waals surface area contributed by atoms with Crippen LogP contribution in [0.5, 0.6) is 5.75 Å². The minimum atomic E-state index is 0.0289. The van der Waals surface area contributed by atoms with E-state index in [0.29, 0.717) is 35.5 Å². The smallest absolute Gasteiger partial charge is 0.128 e. The normalized spacial score (nSPS) is 33.1. The van der Waals surface area contributed by atoms with Crippen LogP contribution in [-0.4, -0.2) is 22.9 Å². The van der Waals surface area contributed by atoms with Crippen molar-refractivity contribution >= 4 is 28.6 Å². The van der Waals surface area contributed by atoms with Gasteiger partial charge in [0, 0.05) is 44.8 Å². The van der Waals surface area contributed by atoms with Crippen LogP contribution in [-0.2, 0) is 4.74 Å². The molecule has 324 valence electrons. The number of hydrogen-bond acceptors (Lipinski definition) is 2. The van der Waals surface area contributed by atoms with E-state index < -0.39 is 0 Å². The fourth-order valence-electron chi connectivity index (χ4n) is 13.6. The molecule has 1 saturated carbocycles. The number of allylic oxidation sites excluding steroid dienone is 18. The van der Waals surface area contributed by atoms with Crippen molar-refractivity contribution in [3.63, 3.8) is 0 Å². The third-order valence-corrected chi connectivity index (χ3v) is 17.0. The molecule has 4 aromatic rings. The highest BCUT2D eigenvalue weighted by atomic mass is 16.5. The maximum absolute atomic E-state index is 6.64. The summed E-state index contributed by atoms with van der Waals surface area (Å²) in [6.45, 7) is 5.08. The van der Waals surface area contributed by atoms with Gasteiger partial charge in [0.1, 0.15) is 11.9 Å². The van der Waals surface area contributed by atoms with Crippen LogP contribution in [0.1, 0.15) is 56.2 Å². The highest BCUT2D eigenvalue weighted by Crippen LogP contribution is 2.59. The summed E-state index contributed by atoms with van der Waals surface area (Å²) in [5, 5.41) is 4.15. The van der Waals surface area contributed by atoms with Crippen molar-refractivity contribution in [2.75, 3.05) is 0 Å². The lowest BCUT2D eigenvalue weighted by atomic mass is 9.71. The molecule has 3 aromatic carbocycles. The van der Waals surface area contributed by atoms with Crippen LogP contribution in [0.25, 0.3) is 39.8 Å². The molecule has 1 saturated heterocycles. The Hall–Kier alpha value is -6.42. The van der Waals surface area contributed by atoms with Crippen molar-refractivity contribution < 1.29 is 9.47 Å². The average Bonchev–Trinajstić information content (AvgIpc) is 4.09. The minimum absolute atomic E-state index is 0.0289. The average molecular weight is 858 g/mol. The molecule has 66 heavy (non-hydrogen) atoms. The van der Waals surface area contributed by atoms with Crippen molar-refractivity contribution in [3.05, 3.63) is 226 Å². The van der Waals surface area contributed by atoms with E-state index >= 15 is 0 Å². The number of rotatable bonds is 5. The molecule has 3 heterocycles. The van der Waals surface area contributed by atoms with E-state index in [2.05, 4.69) is 213 Å². The molecule has 11 unspecified atom stereocenters. The molecule has 2 aliphatic heterocycles. The largest absolute Gasteiger partial charge is 0.485 e. The second kappa shape index (κ2) is 14.8. The van der Waals surface area contributed by atoms with Gasteiger partial charge in [-0.15, -0.1) is 0 Å². The summed E-state index contributed by atoms with van der Waals surface area (Å²) < 4.78 is 15.8. The molecule has 3 heteroatoms. The van der Waals surface area contributed by atoms with Crippen molar-refractivity contribution in [2.45, 2.75) is 63.4 Å². The molecular formula is C63H55NO2. The Bertz CT molecular complexity index is 3270. The van der Waals surface area contributed by atoms with E-state index in [4.69, 9.17) is 9.47 Å². The molecule has 14 rings (SSSR count). The third kappa shape index (κ3) is 5.98. The van der Waals surface area contributed by atoms with Crippen LogP contribution in [0.2, 0.25) is 0 Å². The van der Waals surface area contributed by atoms with Gasteiger partial charge >= 0.3 is 0 Å². The predicted molar refractivity (Wildman–Crippen MR) is 270 cm³/mol. The summed E-state index contributed by atoms with van der Waals surface area (Å²) in [5.41, 5.74) is 13.1. The summed E-state index contributed by atoms with van der Waals surface area (Å²) in [5.74, 6) is 3.56. The second-order valence-corrected chi connectivity index (χ2v) is 20.9. The monoisotopic (exact) mass is 857 g/mol. The number of benzene rings is 3. The molecule has 11 atom stereocenters. The Labute approximate surface area is 388 Å². The van der Waals surface area contributed by atoms with E-state index in [0.717, 1.165) is 25.0 Å². The maximum atomic E-state index is 6.64. The van der Waals surface area contributed by atoms with Crippen LogP contribution in [0, 0.1) is 40.9 Å². The zero-order valence-electron chi connectivity index (χ0n) is 37.7. The zero-order valence-corrected chi connectivity index (χ0v) is 37.7. The first kappa shape index (κ1) is 38.8. The zero-order chi connectivity index (χ0) is 43.7. The molecule has 10 aliphatic rings. The van der Waals surface area contributed by atoms with E-state index in [9.17, 15) is 0 Å². The van der Waals surface area contributed by atoms with E-state index in [1.807, 2.05) is 0 Å². The third-order valence-electron chi connectivity index (χ3n) is 17.0. The van der Waals surface area contributed by atoms with Gasteiger partial charge in [-0.1, -0.05) is 178 Å². The Morgan fingerprint density at radius 2 is 1.30 bits per heavy atom. The number of nitrogens with zero attached hydrogens (tertiary/aromatic N) is 1. The van der Waals surface area contributed by atoms with Gasteiger partial charge in [0.2, 0.25) is 0 Å². The second-order valence-electron chi connectivity index (χ2n) is 20.9. The minimum Gasteiger partial charge on any atom is -0.485 e. The number of fused-ring (bicyclic) bond motifs is 12. The van der Waals surface area contributed by atoms with Crippen molar-refractivity contribution in [1.29, 1.82) is 0 Å².